The Hall–Kier alpha value is -1.66. The zero-order valence-corrected chi connectivity index (χ0v) is 15.7. The lowest BCUT2D eigenvalue weighted by atomic mass is 10.1. The summed E-state index contributed by atoms with van der Waals surface area (Å²) in [6, 6.07) is 11.9. The molecule has 0 spiro atoms. The van der Waals surface area contributed by atoms with Crippen molar-refractivity contribution in [3.8, 4) is 5.75 Å². The molecule has 0 aliphatic carbocycles. The molecule has 24 heavy (non-hydrogen) atoms. The molecule has 6 heteroatoms. The molecule has 1 heterocycles. The molecule has 2 aromatic carbocycles. The number of hydrogen-bond acceptors (Lipinski definition) is 3. The van der Waals surface area contributed by atoms with Crippen LogP contribution in [-0.2, 0) is 4.79 Å². The molecule has 0 unspecified atom stereocenters. The van der Waals surface area contributed by atoms with E-state index in [4.69, 9.17) is 17.0 Å². The summed E-state index contributed by atoms with van der Waals surface area (Å²) >= 11 is 8.85. The van der Waals surface area contributed by atoms with Gasteiger partial charge in [-0.2, -0.15) is 0 Å². The SMILES string of the molecule is O=C(COc1ccc2ccccc2c1Br)NC(=S)N1CCCCC1. The summed E-state index contributed by atoms with van der Waals surface area (Å²) in [5.41, 5.74) is 0. The Morgan fingerprint density at radius 1 is 1.17 bits per heavy atom. The predicted octanol–water partition coefficient (Wildman–Crippen LogP) is 3.87. The van der Waals surface area contributed by atoms with E-state index >= 15 is 0 Å². The number of nitrogens with one attached hydrogen (secondary N) is 1. The number of fused-ring (bicyclic) bond motifs is 1. The van der Waals surface area contributed by atoms with Crippen LogP contribution in [0.25, 0.3) is 10.8 Å². The zero-order valence-electron chi connectivity index (χ0n) is 13.3. The molecule has 1 aliphatic heterocycles. The molecular weight excluding hydrogens is 388 g/mol. The van der Waals surface area contributed by atoms with Crippen LogP contribution < -0.4 is 10.1 Å². The van der Waals surface area contributed by atoms with Crippen molar-refractivity contribution in [3.63, 3.8) is 0 Å². The number of likely N-dealkylation sites (tertiary alicyclic amines) is 1. The van der Waals surface area contributed by atoms with Gasteiger partial charge in [-0.15, -0.1) is 0 Å². The lowest BCUT2D eigenvalue weighted by molar-refractivity contribution is -0.121. The van der Waals surface area contributed by atoms with Crippen LogP contribution >= 0.6 is 28.1 Å². The number of halogens is 1. The third-order valence-corrected chi connectivity index (χ3v) is 5.25. The Kier molecular flexibility index (Phi) is 5.68. The minimum Gasteiger partial charge on any atom is -0.483 e. The van der Waals surface area contributed by atoms with E-state index in [1.54, 1.807) is 0 Å². The summed E-state index contributed by atoms with van der Waals surface area (Å²) in [5.74, 6) is 0.415. The summed E-state index contributed by atoms with van der Waals surface area (Å²) in [4.78, 5) is 14.1. The van der Waals surface area contributed by atoms with Gasteiger partial charge < -0.3 is 15.0 Å². The molecule has 2 aromatic rings. The third-order valence-electron chi connectivity index (χ3n) is 4.08. The van der Waals surface area contributed by atoms with Gasteiger partial charge in [-0.3, -0.25) is 4.79 Å². The second-order valence-electron chi connectivity index (χ2n) is 5.79. The molecular formula is C18H19BrN2O2S. The van der Waals surface area contributed by atoms with Crippen molar-refractivity contribution < 1.29 is 9.53 Å². The van der Waals surface area contributed by atoms with Crippen molar-refractivity contribution in [2.45, 2.75) is 19.3 Å². The van der Waals surface area contributed by atoms with Crippen LogP contribution in [0, 0.1) is 0 Å². The normalized spacial score (nSPS) is 14.5. The molecule has 0 atom stereocenters. The maximum absolute atomic E-state index is 12.1. The van der Waals surface area contributed by atoms with Crippen LogP contribution in [0.4, 0.5) is 0 Å². The van der Waals surface area contributed by atoms with E-state index in [0.29, 0.717) is 10.9 Å². The standard InChI is InChI=1S/C18H19BrN2O2S/c19-17-14-7-3-2-6-13(14)8-9-15(17)23-12-16(22)20-18(24)21-10-4-1-5-11-21/h2-3,6-9H,1,4-5,10-12H2,(H,20,22,24). The van der Waals surface area contributed by atoms with E-state index in [1.165, 1.54) is 6.42 Å². The molecule has 3 rings (SSSR count). The monoisotopic (exact) mass is 406 g/mol. The Morgan fingerprint density at radius 2 is 1.92 bits per heavy atom. The van der Waals surface area contributed by atoms with Gasteiger partial charge >= 0.3 is 0 Å². The number of ether oxygens (including phenoxy) is 1. The van der Waals surface area contributed by atoms with Crippen LogP contribution in [0.5, 0.6) is 5.75 Å². The fraction of sp³-hybridized carbons (Fsp3) is 0.333. The van der Waals surface area contributed by atoms with Gasteiger partial charge in [0, 0.05) is 13.1 Å². The highest BCUT2D eigenvalue weighted by Crippen LogP contribution is 2.32. The van der Waals surface area contributed by atoms with Crippen molar-refractivity contribution in [2.24, 2.45) is 0 Å². The van der Waals surface area contributed by atoms with Crippen LogP contribution in [-0.4, -0.2) is 35.6 Å². The maximum Gasteiger partial charge on any atom is 0.264 e. The van der Waals surface area contributed by atoms with E-state index < -0.39 is 0 Å². The topological polar surface area (TPSA) is 41.6 Å². The van der Waals surface area contributed by atoms with Gasteiger partial charge in [-0.1, -0.05) is 30.3 Å². The van der Waals surface area contributed by atoms with Crippen molar-refractivity contribution in [1.82, 2.24) is 10.2 Å². The number of hydrogen-bond donors (Lipinski definition) is 1. The first-order valence-corrected chi connectivity index (χ1v) is 9.24. The molecule has 0 saturated carbocycles. The Morgan fingerprint density at radius 3 is 2.71 bits per heavy atom. The first kappa shape index (κ1) is 17.2. The van der Waals surface area contributed by atoms with Gasteiger partial charge in [-0.05, 0) is 64.2 Å². The Balaban J connectivity index is 1.58. The summed E-state index contributed by atoms with van der Waals surface area (Å²) in [6.07, 6.45) is 3.47. The van der Waals surface area contributed by atoms with Crippen LogP contribution in [0.3, 0.4) is 0 Å². The van der Waals surface area contributed by atoms with Gasteiger partial charge in [0.1, 0.15) is 5.75 Å². The van der Waals surface area contributed by atoms with E-state index in [9.17, 15) is 4.79 Å². The summed E-state index contributed by atoms with van der Waals surface area (Å²) < 4.78 is 6.51. The molecule has 126 valence electrons. The summed E-state index contributed by atoms with van der Waals surface area (Å²) in [7, 11) is 0. The number of rotatable bonds is 3. The van der Waals surface area contributed by atoms with E-state index in [-0.39, 0.29) is 12.5 Å². The zero-order chi connectivity index (χ0) is 16.9. The van der Waals surface area contributed by atoms with Gasteiger partial charge in [0.05, 0.1) is 4.47 Å². The third kappa shape index (κ3) is 4.05. The first-order chi connectivity index (χ1) is 11.6. The molecule has 4 nitrogen and oxygen atoms in total. The molecule has 1 amide bonds. The van der Waals surface area contributed by atoms with Gasteiger partial charge in [0.25, 0.3) is 5.91 Å². The number of nitrogens with zero attached hydrogens (tertiary/aromatic N) is 1. The van der Waals surface area contributed by atoms with Gasteiger partial charge in [0.15, 0.2) is 11.7 Å². The summed E-state index contributed by atoms with van der Waals surface area (Å²) in [5, 5.41) is 5.43. The molecule has 0 aromatic heterocycles. The second kappa shape index (κ2) is 7.94. The molecule has 1 N–H and O–H groups in total. The minimum atomic E-state index is -0.231. The van der Waals surface area contributed by atoms with Crippen molar-refractivity contribution in [2.75, 3.05) is 19.7 Å². The van der Waals surface area contributed by atoms with Crippen molar-refractivity contribution in [3.05, 3.63) is 40.9 Å². The number of thiocarbonyl (C=S) groups is 1. The predicted molar refractivity (Wildman–Crippen MR) is 103 cm³/mol. The number of carbonyl (C=O) groups excluding carboxylic acids is 1. The van der Waals surface area contributed by atoms with Crippen molar-refractivity contribution >= 4 is 49.9 Å². The van der Waals surface area contributed by atoms with Crippen LogP contribution in [0.2, 0.25) is 0 Å². The molecule has 1 aliphatic rings. The fourth-order valence-corrected chi connectivity index (χ4v) is 3.70. The maximum atomic E-state index is 12.1. The van der Waals surface area contributed by atoms with Crippen LogP contribution in [0.1, 0.15) is 19.3 Å². The van der Waals surface area contributed by atoms with E-state index in [2.05, 4.69) is 21.2 Å². The largest absolute Gasteiger partial charge is 0.483 e. The lowest BCUT2D eigenvalue weighted by Gasteiger charge is -2.28. The van der Waals surface area contributed by atoms with Gasteiger partial charge in [-0.25, -0.2) is 0 Å². The van der Waals surface area contributed by atoms with Crippen molar-refractivity contribution in [1.29, 1.82) is 0 Å². The van der Waals surface area contributed by atoms with Gasteiger partial charge in [0.2, 0.25) is 0 Å². The highest BCUT2D eigenvalue weighted by molar-refractivity contribution is 9.10. The summed E-state index contributed by atoms with van der Waals surface area (Å²) in [6.45, 7) is 1.76. The number of benzene rings is 2. The van der Waals surface area contributed by atoms with E-state index in [0.717, 1.165) is 41.2 Å². The second-order valence-corrected chi connectivity index (χ2v) is 6.97. The Labute approximate surface area is 155 Å². The first-order valence-electron chi connectivity index (χ1n) is 8.04. The Bertz CT molecular complexity index is 760. The molecule has 1 fully saturated rings. The average molecular weight is 407 g/mol. The fourth-order valence-electron chi connectivity index (χ4n) is 2.80. The molecule has 0 bridgehead atoms. The molecule has 1 saturated heterocycles. The quantitative estimate of drug-likeness (QED) is 0.785. The average Bonchev–Trinajstić information content (AvgIpc) is 2.62. The van der Waals surface area contributed by atoms with E-state index in [1.807, 2.05) is 41.3 Å². The number of amides is 1. The number of piperidine rings is 1. The lowest BCUT2D eigenvalue weighted by Crippen LogP contribution is -2.46. The highest BCUT2D eigenvalue weighted by atomic mass is 79.9. The highest BCUT2D eigenvalue weighted by Gasteiger charge is 2.16. The van der Waals surface area contributed by atoms with Crippen LogP contribution in [0.15, 0.2) is 40.9 Å². The minimum absolute atomic E-state index is 0.0646. The smallest absolute Gasteiger partial charge is 0.264 e. The molecule has 0 radical (unpaired) electrons. The number of carbonyl (C=O) groups is 1.